The van der Waals surface area contributed by atoms with E-state index in [-0.39, 0.29) is 32.3 Å². The average Bonchev–Trinajstić information content (AvgIpc) is 3.11. The maximum absolute atomic E-state index is 12.4. The van der Waals surface area contributed by atoms with Crippen LogP contribution in [0.1, 0.15) is 187 Å². The zero-order chi connectivity index (χ0) is 36.6. The van der Waals surface area contributed by atoms with Crippen LogP contribution in [-0.2, 0) is 27.9 Å². The minimum absolute atomic E-state index is 0.0698. The monoisotopic (exact) mass is 728 g/mol. The first kappa shape index (κ1) is 48.6. The Bertz CT molecular complexity index is 864. The van der Waals surface area contributed by atoms with Crippen LogP contribution in [0.25, 0.3) is 0 Å². The molecule has 0 saturated heterocycles. The quantitative estimate of drug-likeness (QED) is 0.0211. The van der Waals surface area contributed by atoms with Crippen LogP contribution in [0.5, 0.6) is 0 Å². The van der Waals surface area contributed by atoms with Crippen LogP contribution in [0, 0.1) is 0 Å². The lowest BCUT2D eigenvalue weighted by molar-refractivity contribution is -0.147. The summed E-state index contributed by atoms with van der Waals surface area (Å²) in [6, 6.07) is 0. The molecule has 0 spiro atoms. The molecule has 0 heterocycles. The van der Waals surface area contributed by atoms with E-state index in [0.29, 0.717) is 6.42 Å². The summed E-state index contributed by atoms with van der Waals surface area (Å²) in [6.07, 6.45) is 44.0. The van der Waals surface area contributed by atoms with Crippen LogP contribution in [0.15, 0.2) is 36.6 Å². The molecule has 0 aliphatic rings. The minimum Gasteiger partial charge on any atom is -0.492 e. The molecule has 0 rings (SSSR count). The van der Waals surface area contributed by atoms with Gasteiger partial charge in [0.1, 0.15) is 6.61 Å². The van der Waals surface area contributed by atoms with Crippen LogP contribution >= 0.6 is 7.82 Å². The number of nitrogens with two attached hydrogens (primary N) is 1. The molecule has 3 N–H and O–H groups in total. The Labute approximate surface area is 308 Å². The molecule has 0 aromatic heterocycles. The molecule has 0 amide bonds. The number of esters is 1. The van der Waals surface area contributed by atoms with Crippen molar-refractivity contribution in [2.45, 2.75) is 193 Å². The molecule has 1 unspecified atom stereocenters. The topological polar surface area (TPSA) is 117 Å². The van der Waals surface area contributed by atoms with Gasteiger partial charge in [-0.2, -0.15) is 0 Å². The predicted molar refractivity (Wildman–Crippen MR) is 210 cm³/mol. The SMILES string of the molecule is CCCCCCC=CCCCCCCCCCC(=O)OC[C@H](COP(=O)(O)OCCN)OC=CCCCCCCC=CCCCCCCCC. The van der Waals surface area contributed by atoms with Gasteiger partial charge in [-0.05, 0) is 76.7 Å². The average molecular weight is 728 g/mol. The standard InChI is InChI=1S/C41H78NO7P/c1-3-5-7-9-11-13-15-17-19-21-23-25-27-29-31-33-36-46-40(39-49-50(44,45)48-37-35-42)38-47-41(43)34-32-30-28-26-24-22-20-18-16-14-12-10-8-6-4-2/h14,16-17,19,33,36,40H,3-13,15,18,20-32,34-35,37-39,42H2,1-2H3,(H,44,45)/t40-/m1/s1. The van der Waals surface area contributed by atoms with Crippen molar-refractivity contribution in [3.63, 3.8) is 0 Å². The Hall–Kier alpha value is -1.44. The maximum atomic E-state index is 12.4. The second kappa shape index (κ2) is 38.8. The third-order valence-electron chi connectivity index (χ3n) is 8.62. The lowest BCUT2D eigenvalue weighted by atomic mass is 10.1. The van der Waals surface area contributed by atoms with Crippen molar-refractivity contribution in [1.82, 2.24) is 0 Å². The summed E-state index contributed by atoms with van der Waals surface area (Å²) in [5.74, 6) is -0.298. The van der Waals surface area contributed by atoms with Gasteiger partial charge in [0.05, 0.1) is 19.5 Å². The minimum atomic E-state index is -4.27. The van der Waals surface area contributed by atoms with Crippen LogP contribution < -0.4 is 5.73 Å². The Morgan fingerprint density at radius 1 is 0.600 bits per heavy atom. The normalized spacial score (nSPS) is 13.8. The number of phosphoric acid groups is 1. The lowest BCUT2D eigenvalue weighted by Gasteiger charge is -2.19. The fraction of sp³-hybridized carbons (Fsp3) is 0.829. The van der Waals surface area contributed by atoms with Crippen molar-refractivity contribution in [2.24, 2.45) is 5.73 Å². The maximum Gasteiger partial charge on any atom is 0.472 e. The Balaban J connectivity index is 4.13. The van der Waals surface area contributed by atoms with Crippen LogP contribution in [0.4, 0.5) is 0 Å². The van der Waals surface area contributed by atoms with Crippen molar-refractivity contribution in [3.8, 4) is 0 Å². The number of unbranched alkanes of at least 4 members (excludes halogenated alkanes) is 22. The first-order valence-corrected chi connectivity index (χ1v) is 22.0. The molecule has 8 nitrogen and oxygen atoms in total. The van der Waals surface area contributed by atoms with Crippen LogP contribution in [0.2, 0.25) is 0 Å². The van der Waals surface area contributed by atoms with Crippen molar-refractivity contribution in [1.29, 1.82) is 0 Å². The van der Waals surface area contributed by atoms with E-state index in [4.69, 9.17) is 24.3 Å². The summed E-state index contributed by atoms with van der Waals surface area (Å²) >= 11 is 0. The number of rotatable bonds is 39. The third-order valence-corrected chi connectivity index (χ3v) is 9.60. The van der Waals surface area contributed by atoms with Crippen molar-refractivity contribution >= 4 is 13.8 Å². The first-order chi connectivity index (χ1) is 24.4. The van der Waals surface area contributed by atoms with Crippen LogP contribution in [0.3, 0.4) is 0 Å². The van der Waals surface area contributed by atoms with E-state index in [1.54, 1.807) is 6.26 Å². The largest absolute Gasteiger partial charge is 0.492 e. The van der Waals surface area contributed by atoms with E-state index in [1.165, 1.54) is 122 Å². The molecule has 0 bridgehead atoms. The number of carbonyl (C=O) groups excluding carboxylic acids is 1. The summed E-state index contributed by atoms with van der Waals surface area (Å²) in [5.41, 5.74) is 5.36. The molecular formula is C41H78NO7P. The Kier molecular flexibility index (Phi) is 37.7. The van der Waals surface area contributed by atoms with Gasteiger partial charge in [0.25, 0.3) is 0 Å². The highest BCUT2D eigenvalue weighted by atomic mass is 31.2. The van der Waals surface area contributed by atoms with Gasteiger partial charge in [-0.1, -0.05) is 134 Å². The molecule has 294 valence electrons. The smallest absolute Gasteiger partial charge is 0.472 e. The molecule has 50 heavy (non-hydrogen) atoms. The van der Waals surface area contributed by atoms with E-state index in [2.05, 4.69) is 38.2 Å². The summed E-state index contributed by atoms with van der Waals surface area (Å²) in [4.78, 5) is 22.2. The van der Waals surface area contributed by atoms with E-state index >= 15 is 0 Å². The number of carbonyl (C=O) groups is 1. The van der Waals surface area contributed by atoms with E-state index in [9.17, 15) is 14.3 Å². The van der Waals surface area contributed by atoms with Crippen LogP contribution in [-0.4, -0.2) is 43.3 Å². The highest BCUT2D eigenvalue weighted by molar-refractivity contribution is 7.47. The predicted octanol–water partition coefficient (Wildman–Crippen LogP) is 12.2. The second-order valence-corrected chi connectivity index (χ2v) is 15.0. The summed E-state index contributed by atoms with van der Waals surface area (Å²) in [6.45, 7) is 4.18. The fourth-order valence-corrected chi connectivity index (χ4v) is 6.26. The number of hydrogen-bond acceptors (Lipinski definition) is 7. The molecule has 0 aliphatic heterocycles. The summed E-state index contributed by atoms with van der Waals surface area (Å²) in [5, 5.41) is 0. The van der Waals surface area contributed by atoms with Gasteiger partial charge in [0.15, 0.2) is 6.10 Å². The van der Waals surface area contributed by atoms with Gasteiger partial charge in [0, 0.05) is 13.0 Å². The van der Waals surface area contributed by atoms with Crippen molar-refractivity contribution in [2.75, 3.05) is 26.4 Å². The van der Waals surface area contributed by atoms with Gasteiger partial charge in [-0.3, -0.25) is 13.8 Å². The molecule has 0 fully saturated rings. The molecular weight excluding hydrogens is 649 g/mol. The molecule has 0 radical (unpaired) electrons. The molecule has 0 saturated carbocycles. The number of ether oxygens (including phenoxy) is 2. The third kappa shape index (κ3) is 37.8. The van der Waals surface area contributed by atoms with E-state index in [0.717, 1.165) is 44.9 Å². The molecule has 0 aliphatic carbocycles. The highest BCUT2D eigenvalue weighted by Crippen LogP contribution is 2.43. The van der Waals surface area contributed by atoms with Gasteiger partial charge in [-0.25, -0.2) is 4.57 Å². The van der Waals surface area contributed by atoms with Crippen molar-refractivity contribution in [3.05, 3.63) is 36.6 Å². The molecule has 0 aromatic rings. The Morgan fingerprint density at radius 2 is 1.02 bits per heavy atom. The number of hydrogen-bond donors (Lipinski definition) is 2. The molecule has 0 aromatic carbocycles. The van der Waals surface area contributed by atoms with Gasteiger partial charge >= 0.3 is 13.8 Å². The van der Waals surface area contributed by atoms with Gasteiger partial charge in [0.2, 0.25) is 0 Å². The summed E-state index contributed by atoms with van der Waals surface area (Å²) < 4.78 is 33.1. The Morgan fingerprint density at radius 3 is 1.50 bits per heavy atom. The van der Waals surface area contributed by atoms with Crippen molar-refractivity contribution < 1.29 is 32.8 Å². The van der Waals surface area contributed by atoms with Gasteiger partial charge < -0.3 is 20.1 Å². The lowest BCUT2D eigenvalue weighted by Crippen LogP contribution is -2.25. The van der Waals surface area contributed by atoms with E-state index in [1.807, 2.05) is 6.08 Å². The van der Waals surface area contributed by atoms with Gasteiger partial charge in [-0.15, -0.1) is 0 Å². The molecule has 9 heteroatoms. The fourth-order valence-electron chi connectivity index (χ4n) is 5.50. The summed E-state index contributed by atoms with van der Waals surface area (Å²) in [7, 11) is -4.27. The zero-order valence-electron chi connectivity index (χ0n) is 32.4. The number of allylic oxidation sites excluding steroid dienone is 5. The first-order valence-electron chi connectivity index (χ1n) is 20.5. The van der Waals surface area contributed by atoms with E-state index < -0.39 is 13.9 Å². The zero-order valence-corrected chi connectivity index (χ0v) is 33.3. The highest BCUT2D eigenvalue weighted by Gasteiger charge is 2.24. The number of phosphoric ester groups is 1. The molecule has 2 atom stereocenters. The second-order valence-electron chi connectivity index (χ2n) is 13.6.